The van der Waals surface area contributed by atoms with Crippen molar-refractivity contribution >= 4 is 28.3 Å². The van der Waals surface area contributed by atoms with Crippen LogP contribution in [0.15, 0.2) is 57.9 Å². The molecular formula is C30H37N3O5. The van der Waals surface area contributed by atoms with Gasteiger partial charge in [0.15, 0.2) is 5.78 Å². The number of carbonyl (C=O) groups excluding carboxylic acids is 2. The number of benzene rings is 2. The molecule has 0 spiro atoms. The van der Waals surface area contributed by atoms with E-state index in [1.165, 1.54) is 6.92 Å². The first-order valence-electron chi connectivity index (χ1n) is 13.1. The number of ketones is 1. The van der Waals surface area contributed by atoms with Crippen LogP contribution in [-0.4, -0.2) is 59.6 Å². The van der Waals surface area contributed by atoms with Crippen LogP contribution in [0.4, 0.5) is 10.5 Å². The van der Waals surface area contributed by atoms with E-state index in [4.69, 9.17) is 18.9 Å². The molecule has 0 unspecified atom stereocenters. The van der Waals surface area contributed by atoms with Gasteiger partial charge < -0.3 is 18.8 Å². The quantitative estimate of drug-likeness (QED) is 0.388. The fourth-order valence-electron chi connectivity index (χ4n) is 4.28. The molecule has 1 fully saturated rings. The van der Waals surface area contributed by atoms with E-state index in [2.05, 4.69) is 4.90 Å². The Kier molecular flexibility index (Phi) is 8.21. The molecule has 1 saturated heterocycles. The Bertz CT molecular complexity index is 1380. The van der Waals surface area contributed by atoms with E-state index in [0.717, 1.165) is 16.5 Å². The van der Waals surface area contributed by atoms with Crippen molar-refractivity contribution in [3.8, 4) is 5.75 Å². The number of nitrogens with zero attached hydrogens (tertiary/aromatic N) is 3. The average molecular weight is 520 g/mol. The van der Waals surface area contributed by atoms with Crippen molar-refractivity contribution in [1.82, 2.24) is 9.80 Å². The summed E-state index contributed by atoms with van der Waals surface area (Å²) in [5.74, 6) is 1.31. The highest BCUT2D eigenvalue weighted by Gasteiger charge is 2.26. The summed E-state index contributed by atoms with van der Waals surface area (Å²) in [7, 11) is 0. The van der Waals surface area contributed by atoms with Crippen LogP contribution >= 0.6 is 0 Å². The van der Waals surface area contributed by atoms with Gasteiger partial charge in [-0.1, -0.05) is 18.2 Å². The van der Waals surface area contributed by atoms with Crippen molar-refractivity contribution in [1.29, 1.82) is 0 Å². The number of amides is 1. The normalized spacial score (nSPS) is 15.2. The van der Waals surface area contributed by atoms with Crippen LogP contribution in [0.25, 0.3) is 10.8 Å². The van der Waals surface area contributed by atoms with Gasteiger partial charge in [0.05, 0.1) is 12.6 Å². The van der Waals surface area contributed by atoms with E-state index in [9.17, 15) is 9.59 Å². The molecule has 38 heavy (non-hydrogen) atoms. The maximum absolute atomic E-state index is 12.4. The summed E-state index contributed by atoms with van der Waals surface area (Å²) in [5.41, 5.74) is 1.05. The molecule has 0 bridgehead atoms. The van der Waals surface area contributed by atoms with E-state index in [0.29, 0.717) is 55.3 Å². The van der Waals surface area contributed by atoms with Gasteiger partial charge in [-0.2, -0.15) is 0 Å². The number of fused-ring (bicyclic) bond motifs is 1. The second-order valence-electron chi connectivity index (χ2n) is 10.9. The fraction of sp³-hybridized carbons (Fsp3) is 0.433. The van der Waals surface area contributed by atoms with Crippen molar-refractivity contribution in [2.45, 2.75) is 59.8 Å². The van der Waals surface area contributed by atoms with Gasteiger partial charge in [-0.15, -0.1) is 0 Å². The smallest absolute Gasteiger partial charge is 0.410 e. The molecule has 8 heteroatoms. The first-order valence-corrected chi connectivity index (χ1v) is 13.1. The minimum atomic E-state index is -0.512. The Morgan fingerprint density at radius 2 is 1.74 bits per heavy atom. The lowest BCUT2D eigenvalue weighted by atomic mass is 10.1. The lowest BCUT2D eigenvalue weighted by Gasteiger charge is -2.35. The van der Waals surface area contributed by atoms with Crippen LogP contribution in [0, 0.1) is 0 Å². The number of rotatable bonds is 6. The number of hydrogen-bond acceptors (Lipinski definition) is 7. The lowest BCUT2D eigenvalue weighted by molar-refractivity contribution is 0.0133. The molecular weight excluding hydrogens is 482 g/mol. The van der Waals surface area contributed by atoms with Crippen LogP contribution in [-0.2, 0) is 11.3 Å². The maximum Gasteiger partial charge on any atom is 0.410 e. The van der Waals surface area contributed by atoms with Crippen molar-refractivity contribution in [3.05, 3.63) is 65.4 Å². The Hall–Kier alpha value is -3.65. The second-order valence-corrected chi connectivity index (χ2v) is 10.9. The SMILES string of the molecule is CC(=O)c1ccc(OC(C)C)c(N=c2oc(CN3CCN(C(=O)OC(C)(C)C)CC3)cc3ccccc23)c1. The molecule has 1 amide bonds. The zero-order valence-electron chi connectivity index (χ0n) is 23.1. The summed E-state index contributed by atoms with van der Waals surface area (Å²) >= 11 is 0. The molecule has 0 saturated carbocycles. The van der Waals surface area contributed by atoms with Gasteiger partial charge in [-0.25, -0.2) is 9.79 Å². The lowest BCUT2D eigenvalue weighted by Crippen LogP contribution is -2.49. The molecule has 8 nitrogen and oxygen atoms in total. The van der Waals surface area contributed by atoms with Crippen LogP contribution in [0.2, 0.25) is 0 Å². The summed E-state index contributed by atoms with van der Waals surface area (Å²) in [4.78, 5) is 33.3. The van der Waals surface area contributed by atoms with Crippen molar-refractivity contribution < 1.29 is 23.5 Å². The number of piperazine rings is 1. The zero-order chi connectivity index (χ0) is 27.4. The monoisotopic (exact) mass is 519 g/mol. The maximum atomic E-state index is 12.4. The van der Waals surface area contributed by atoms with E-state index >= 15 is 0 Å². The van der Waals surface area contributed by atoms with Gasteiger partial charge in [0.1, 0.15) is 22.8 Å². The van der Waals surface area contributed by atoms with Gasteiger partial charge in [0.2, 0.25) is 5.55 Å². The Morgan fingerprint density at radius 3 is 2.39 bits per heavy atom. The van der Waals surface area contributed by atoms with E-state index in [-0.39, 0.29) is 18.0 Å². The minimum Gasteiger partial charge on any atom is -0.489 e. The molecule has 4 rings (SSSR count). The van der Waals surface area contributed by atoms with Crippen LogP contribution in [0.5, 0.6) is 5.75 Å². The number of ether oxygens (including phenoxy) is 2. The minimum absolute atomic E-state index is 0.0429. The predicted octanol–water partition coefficient (Wildman–Crippen LogP) is 5.71. The van der Waals surface area contributed by atoms with Crippen molar-refractivity contribution in [3.63, 3.8) is 0 Å². The van der Waals surface area contributed by atoms with Gasteiger partial charge >= 0.3 is 6.09 Å². The van der Waals surface area contributed by atoms with E-state index < -0.39 is 5.60 Å². The standard InChI is InChI=1S/C30H37N3O5/c1-20(2)36-27-12-11-22(21(3)34)18-26(27)31-28-25-10-8-7-9-23(25)17-24(37-28)19-32-13-15-33(16-14-32)29(35)38-30(4,5)6/h7-12,17-18,20H,13-16,19H2,1-6H3. The zero-order valence-corrected chi connectivity index (χ0v) is 23.1. The molecule has 202 valence electrons. The van der Waals surface area contributed by atoms with Crippen LogP contribution < -0.4 is 10.3 Å². The largest absolute Gasteiger partial charge is 0.489 e. The summed E-state index contributed by atoms with van der Waals surface area (Å²) in [6, 6.07) is 15.2. The highest BCUT2D eigenvalue weighted by Crippen LogP contribution is 2.30. The molecule has 0 aliphatic carbocycles. The Balaban J connectivity index is 1.63. The number of Topliss-reactive ketones (excluding diaryl/α,β-unsaturated/α-hetero) is 1. The average Bonchev–Trinajstić information content (AvgIpc) is 2.84. The summed E-state index contributed by atoms with van der Waals surface area (Å²) in [6.07, 6.45) is -0.327. The van der Waals surface area contributed by atoms with Crippen LogP contribution in [0.3, 0.4) is 0 Å². The van der Waals surface area contributed by atoms with Crippen molar-refractivity contribution in [2.75, 3.05) is 26.2 Å². The molecule has 0 N–H and O–H groups in total. The fourth-order valence-corrected chi connectivity index (χ4v) is 4.28. The molecule has 0 atom stereocenters. The first kappa shape index (κ1) is 27.4. The molecule has 0 radical (unpaired) electrons. The molecule has 2 heterocycles. The molecule has 3 aromatic rings. The van der Waals surface area contributed by atoms with E-state index in [1.807, 2.05) is 65.0 Å². The third-order valence-electron chi connectivity index (χ3n) is 6.09. The third kappa shape index (κ3) is 7.01. The van der Waals surface area contributed by atoms with Gasteiger partial charge in [0, 0.05) is 37.1 Å². The Morgan fingerprint density at radius 1 is 1.03 bits per heavy atom. The van der Waals surface area contributed by atoms with E-state index in [1.54, 1.807) is 23.1 Å². The highest BCUT2D eigenvalue weighted by molar-refractivity contribution is 5.95. The van der Waals surface area contributed by atoms with Gasteiger partial charge in [-0.3, -0.25) is 9.69 Å². The summed E-state index contributed by atoms with van der Waals surface area (Å²) < 4.78 is 17.8. The topological polar surface area (TPSA) is 84.6 Å². The molecule has 1 aliphatic heterocycles. The number of carbonyl (C=O) groups is 2. The summed E-state index contributed by atoms with van der Waals surface area (Å²) in [5, 5.41) is 1.88. The van der Waals surface area contributed by atoms with Gasteiger partial charge in [0.25, 0.3) is 0 Å². The second kappa shape index (κ2) is 11.4. The van der Waals surface area contributed by atoms with Gasteiger partial charge in [-0.05, 0) is 77.3 Å². The summed E-state index contributed by atoms with van der Waals surface area (Å²) in [6.45, 7) is 14.2. The number of hydrogen-bond donors (Lipinski definition) is 0. The first-order chi connectivity index (χ1) is 18.0. The predicted molar refractivity (Wildman–Crippen MR) is 147 cm³/mol. The van der Waals surface area contributed by atoms with Crippen LogP contribution in [0.1, 0.15) is 57.7 Å². The third-order valence-corrected chi connectivity index (χ3v) is 6.09. The molecule has 2 aromatic carbocycles. The Labute approximate surface area is 223 Å². The molecule has 1 aromatic heterocycles. The molecule has 1 aliphatic rings. The highest BCUT2D eigenvalue weighted by atomic mass is 16.6. The van der Waals surface area contributed by atoms with Crippen molar-refractivity contribution in [2.24, 2.45) is 4.99 Å².